The quantitative estimate of drug-likeness (QED) is 0.706. The first kappa shape index (κ1) is 13.4. The van der Waals surface area contributed by atoms with Crippen LogP contribution in [0.1, 0.15) is 23.2 Å². The Morgan fingerprint density at radius 1 is 1.41 bits per heavy atom. The summed E-state index contributed by atoms with van der Waals surface area (Å²) < 4.78 is 0. The molecule has 0 aliphatic rings. The first-order valence-corrected chi connectivity index (χ1v) is 5.71. The van der Waals surface area contributed by atoms with E-state index in [0.29, 0.717) is 12.1 Å². The average Bonchev–Trinajstić information content (AvgIpc) is 2.28. The molecule has 5 heteroatoms. The Labute approximate surface area is 101 Å². The minimum Gasteiger partial charge on any atom is -0.352 e. The van der Waals surface area contributed by atoms with Crippen LogP contribution in [0.3, 0.4) is 0 Å². The Bertz CT molecular complexity index is 412. The first-order valence-electron chi connectivity index (χ1n) is 5.71. The molecule has 1 amide bonds. The monoisotopic (exact) mass is 237 g/mol. The van der Waals surface area contributed by atoms with Crippen LogP contribution in [0.4, 0.5) is 0 Å². The molecule has 0 aliphatic heterocycles. The zero-order chi connectivity index (χ0) is 12.7. The van der Waals surface area contributed by atoms with Gasteiger partial charge in [-0.2, -0.15) is 0 Å². The van der Waals surface area contributed by atoms with Crippen molar-refractivity contribution in [2.45, 2.75) is 12.8 Å². The van der Waals surface area contributed by atoms with Gasteiger partial charge in [-0.3, -0.25) is 9.59 Å². The number of carbonyl (C=O) groups is 1. The van der Waals surface area contributed by atoms with Gasteiger partial charge >= 0.3 is 0 Å². The summed E-state index contributed by atoms with van der Waals surface area (Å²) in [5.41, 5.74) is 0.145. The summed E-state index contributed by atoms with van der Waals surface area (Å²) in [5.74, 6) is -0.194. The van der Waals surface area contributed by atoms with Crippen molar-refractivity contribution in [3.63, 3.8) is 0 Å². The molecule has 0 radical (unpaired) electrons. The predicted octanol–water partition coefficient (Wildman–Crippen LogP) is 0.446. The van der Waals surface area contributed by atoms with Gasteiger partial charge in [0.15, 0.2) is 0 Å². The molecule has 0 aromatic carbocycles. The molecule has 1 aromatic rings. The molecule has 94 valence electrons. The lowest BCUT2D eigenvalue weighted by molar-refractivity contribution is 0.0952. The van der Waals surface area contributed by atoms with Gasteiger partial charge in [0.2, 0.25) is 5.56 Å². The molecule has 0 atom stereocenters. The van der Waals surface area contributed by atoms with Gasteiger partial charge in [-0.25, -0.2) is 0 Å². The number of hydrogen-bond acceptors (Lipinski definition) is 3. The van der Waals surface area contributed by atoms with Crippen LogP contribution in [-0.4, -0.2) is 43.0 Å². The van der Waals surface area contributed by atoms with E-state index in [1.54, 1.807) is 6.07 Å². The molecule has 0 saturated carbocycles. The minimum atomic E-state index is -0.259. The zero-order valence-corrected chi connectivity index (χ0v) is 10.3. The fourth-order valence-corrected chi connectivity index (χ4v) is 1.44. The fraction of sp³-hybridized carbons (Fsp3) is 0.500. The smallest absolute Gasteiger partial charge is 0.251 e. The molecule has 1 heterocycles. The normalized spacial score (nSPS) is 10.5. The van der Waals surface area contributed by atoms with Crippen molar-refractivity contribution >= 4 is 5.91 Å². The van der Waals surface area contributed by atoms with Crippen molar-refractivity contribution in [3.05, 3.63) is 34.2 Å². The minimum absolute atomic E-state index is 0.194. The lowest BCUT2D eigenvalue weighted by Crippen LogP contribution is -2.26. The van der Waals surface area contributed by atoms with Crippen LogP contribution in [0.25, 0.3) is 0 Å². The molecule has 0 bridgehead atoms. The average molecular weight is 237 g/mol. The van der Waals surface area contributed by atoms with E-state index in [1.165, 1.54) is 12.3 Å². The van der Waals surface area contributed by atoms with Gasteiger partial charge in [0.25, 0.3) is 5.91 Å². The maximum Gasteiger partial charge on any atom is 0.251 e. The number of amides is 1. The van der Waals surface area contributed by atoms with Crippen LogP contribution in [0.15, 0.2) is 23.1 Å². The third kappa shape index (κ3) is 5.31. The third-order valence-electron chi connectivity index (χ3n) is 2.35. The van der Waals surface area contributed by atoms with E-state index in [1.807, 2.05) is 14.1 Å². The Kier molecular flexibility index (Phi) is 5.42. The molecule has 2 N–H and O–H groups in total. The molecule has 0 unspecified atom stereocenters. The molecular formula is C12H19N3O2. The van der Waals surface area contributed by atoms with Crippen LogP contribution in [0, 0.1) is 0 Å². The topological polar surface area (TPSA) is 65.2 Å². The number of nitrogens with one attached hydrogen (secondary N) is 2. The SMILES string of the molecule is CN(C)CCCCNC(=O)c1cc[nH]c(=O)c1. The number of rotatable bonds is 6. The van der Waals surface area contributed by atoms with Crippen molar-refractivity contribution in [3.8, 4) is 0 Å². The second-order valence-electron chi connectivity index (χ2n) is 4.21. The lowest BCUT2D eigenvalue weighted by Gasteiger charge is -2.09. The molecule has 0 fully saturated rings. The number of carbonyl (C=O) groups excluding carboxylic acids is 1. The van der Waals surface area contributed by atoms with Crippen molar-refractivity contribution < 1.29 is 4.79 Å². The molecule has 5 nitrogen and oxygen atoms in total. The van der Waals surface area contributed by atoms with Gasteiger partial charge in [-0.1, -0.05) is 0 Å². The van der Waals surface area contributed by atoms with Gasteiger partial charge in [0, 0.05) is 24.4 Å². The van der Waals surface area contributed by atoms with Gasteiger partial charge in [0.1, 0.15) is 0 Å². The van der Waals surface area contributed by atoms with E-state index in [9.17, 15) is 9.59 Å². The molecule has 1 rings (SSSR count). The van der Waals surface area contributed by atoms with Crippen LogP contribution >= 0.6 is 0 Å². The second-order valence-corrected chi connectivity index (χ2v) is 4.21. The number of nitrogens with zero attached hydrogens (tertiary/aromatic N) is 1. The fourth-order valence-electron chi connectivity index (χ4n) is 1.44. The van der Waals surface area contributed by atoms with Crippen molar-refractivity contribution in [1.29, 1.82) is 0 Å². The summed E-state index contributed by atoms with van der Waals surface area (Å²) in [6.45, 7) is 1.65. The van der Waals surface area contributed by atoms with Gasteiger partial charge in [0.05, 0.1) is 0 Å². The van der Waals surface area contributed by atoms with E-state index in [4.69, 9.17) is 0 Å². The Hall–Kier alpha value is -1.62. The first-order chi connectivity index (χ1) is 8.09. The molecule has 0 spiro atoms. The molecule has 17 heavy (non-hydrogen) atoms. The number of unbranched alkanes of at least 4 members (excludes halogenated alkanes) is 1. The number of aromatic nitrogens is 1. The van der Waals surface area contributed by atoms with E-state index in [2.05, 4.69) is 15.2 Å². The van der Waals surface area contributed by atoms with Crippen LogP contribution < -0.4 is 10.9 Å². The standard InChI is InChI=1S/C12H19N3O2/c1-15(2)8-4-3-6-14-12(17)10-5-7-13-11(16)9-10/h5,7,9H,3-4,6,8H2,1-2H3,(H,13,16)(H,14,17). The van der Waals surface area contributed by atoms with E-state index in [-0.39, 0.29) is 11.5 Å². The molecule has 0 aliphatic carbocycles. The Morgan fingerprint density at radius 2 is 2.18 bits per heavy atom. The Morgan fingerprint density at radius 3 is 2.82 bits per heavy atom. The van der Waals surface area contributed by atoms with Crippen molar-refractivity contribution in [1.82, 2.24) is 15.2 Å². The lowest BCUT2D eigenvalue weighted by atomic mass is 10.2. The molecular weight excluding hydrogens is 218 g/mol. The number of aromatic amines is 1. The number of H-pyrrole nitrogens is 1. The van der Waals surface area contributed by atoms with Crippen molar-refractivity contribution in [2.75, 3.05) is 27.2 Å². The van der Waals surface area contributed by atoms with Gasteiger partial charge in [-0.15, -0.1) is 0 Å². The molecule has 0 saturated heterocycles. The maximum atomic E-state index is 11.6. The highest BCUT2D eigenvalue weighted by Crippen LogP contribution is 1.94. The number of hydrogen-bond donors (Lipinski definition) is 2. The Balaban J connectivity index is 2.28. The van der Waals surface area contributed by atoms with E-state index >= 15 is 0 Å². The zero-order valence-electron chi connectivity index (χ0n) is 10.3. The van der Waals surface area contributed by atoms with Crippen LogP contribution in [-0.2, 0) is 0 Å². The highest BCUT2D eigenvalue weighted by molar-refractivity contribution is 5.93. The van der Waals surface area contributed by atoms with Gasteiger partial charge in [-0.05, 0) is 39.5 Å². The van der Waals surface area contributed by atoms with E-state index < -0.39 is 0 Å². The highest BCUT2D eigenvalue weighted by atomic mass is 16.2. The summed E-state index contributed by atoms with van der Waals surface area (Å²) in [6.07, 6.45) is 3.46. The van der Waals surface area contributed by atoms with Crippen LogP contribution in [0.2, 0.25) is 0 Å². The summed E-state index contributed by atoms with van der Waals surface area (Å²) in [5, 5.41) is 2.79. The molecule has 1 aromatic heterocycles. The second kappa shape index (κ2) is 6.85. The summed E-state index contributed by atoms with van der Waals surface area (Å²) in [7, 11) is 4.05. The largest absolute Gasteiger partial charge is 0.352 e. The highest BCUT2D eigenvalue weighted by Gasteiger charge is 2.04. The van der Waals surface area contributed by atoms with Crippen LogP contribution in [0.5, 0.6) is 0 Å². The maximum absolute atomic E-state index is 11.6. The summed E-state index contributed by atoms with van der Waals surface area (Å²) in [4.78, 5) is 27.2. The predicted molar refractivity (Wildman–Crippen MR) is 67.2 cm³/mol. The van der Waals surface area contributed by atoms with E-state index in [0.717, 1.165) is 19.4 Å². The summed E-state index contributed by atoms with van der Waals surface area (Å²) >= 11 is 0. The van der Waals surface area contributed by atoms with Crippen molar-refractivity contribution in [2.24, 2.45) is 0 Å². The summed E-state index contributed by atoms with van der Waals surface area (Å²) in [6, 6.07) is 2.89. The van der Waals surface area contributed by atoms with Gasteiger partial charge < -0.3 is 15.2 Å². The third-order valence-corrected chi connectivity index (χ3v) is 2.35. The number of pyridine rings is 1.